The van der Waals surface area contributed by atoms with Crippen LogP contribution in [0, 0.1) is 0 Å². The van der Waals surface area contributed by atoms with E-state index in [1.54, 1.807) is 11.9 Å². The van der Waals surface area contributed by atoms with Crippen molar-refractivity contribution in [2.45, 2.75) is 6.92 Å². The molecule has 5 heteroatoms. The van der Waals surface area contributed by atoms with E-state index in [0.29, 0.717) is 17.1 Å². The van der Waals surface area contributed by atoms with Gasteiger partial charge in [-0.3, -0.25) is 4.79 Å². The summed E-state index contributed by atoms with van der Waals surface area (Å²) in [6.07, 6.45) is 0. The highest BCUT2D eigenvalue weighted by Gasteiger charge is 2.19. The standard InChI is InChI=1S/C14H15BrN2OS/c1-8(2)7-17(3)14(18)13-12(16)10-5-4-9(15)6-11(10)19-13/h4-6H,1,7,16H2,2-3H3. The minimum Gasteiger partial charge on any atom is -0.397 e. The first kappa shape index (κ1) is 14.1. The van der Waals surface area contributed by atoms with Crippen molar-refractivity contribution < 1.29 is 4.79 Å². The van der Waals surface area contributed by atoms with Crippen molar-refractivity contribution in [3.8, 4) is 0 Å². The summed E-state index contributed by atoms with van der Waals surface area (Å²) in [7, 11) is 1.76. The average Bonchev–Trinajstić information content (AvgIpc) is 2.64. The Kier molecular flexibility index (Phi) is 3.96. The molecule has 0 unspecified atom stereocenters. The van der Waals surface area contributed by atoms with E-state index in [1.165, 1.54) is 11.3 Å². The SMILES string of the molecule is C=C(C)CN(C)C(=O)c1sc2cc(Br)ccc2c1N. The molecule has 0 saturated carbocycles. The molecule has 0 aliphatic heterocycles. The number of likely N-dealkylation sites (N-methyl/N-ethyl adjacent to an activating group) is 1. The third kappa shape index (κ3) is 2.82. The maximum Gasteiger partial charge on any atom is 0.266 e. The topological polar surface area (TPSA) is 46.3 Å². The Morgan fingerprint density at radius 3 is 2.84 bits per heavy atom. The molecule has 0 atom stereocenters. The molecule has 0 radical (unpaired) electrons. The molecule has 0 bridgehead atoms. The van der Waals surface area contributed by atoms with Crippen molar-refractivity contribution in [3.63, 3.8) is 0 Å². The molecule has 19 heavy (non-hydrogen) atoms. The molecule has 0 aliphatic carbocycles. The number of benzene rings is 1. The summed E-state index contributed by atoms with van der Waals surface area (Å²) >= 11 is 4.85. The van der Waals surface area contributed by atoms with Gasteiger partial charge in [-0.2, -0.15) is 0 Å². The lowest BCUT2D eigenvalue weighted by atomic mass is 10.2. The zero-order valence-corrected chi connectivity index (χ0v) is 13.3. The third-order valence-corrected chi connectivity index (χ3v) is 4.39. The Bertz CT molecular complexity index is 663. The summed E-state index contributed by atoms with van der Waals surface area (Å²) in [4.78, 5) is 14.6. The van der Waals surface area contributed by atoms with Gasteiger partial charge in [0.15, 0.2) is 0 Å². The number of nitrogens with two attached hydrogens (primary N) is 1. The van der Waals surface area contributed by atoms with Gasteiger partial charge in [-0.1, -0.05) is 34.1 Å². The number of hydrogen-bond donors (Lipinski definition) is 1. The van der Waals surface area contributed by atoms with Crippen LogP contribution in [0.1, 0.15) is 16.6 Å². The first-order valence-electron chi connectivity index (χ1n) is 5.77. The maximum absolute atomic E-state index is 12.4. The van der Waals surface area contributed by atoms with Crippen LogP contribution in [0.15, 0.2) is 34.8 Å². The van der Waals surface area contributed by atoms with Crippen molar-refractivity contribution in [2.24, 2.45) is 0 Å². The molecule has 100 valence electrons. The Hall–Kier alpha value is -1.33. The second-order valence-corrected chi connectivity index (χ2v) is 6.57. The van der Waals surface area contributed by atoms with Crippen LogP contribution >= 0.6 is 27.3 Å². The quantitative estimate of drug-likeness (QED) is 0.863. The van der Waals surface area contributed by atoms with Crippen molar-refractivity contribution in [1.29, 1.82) is 0 Å². The van der Waals surface area contributed by atoms with Crippen LogP contribution in [0.4, 0.5) is 5.69 Å². The molecule has 1 aromatic carbocycles. The van der Waals surface area contributed by atoms with Gasteiger partial charge >= 0.3 is 0 Å². The van der Waals surface area contributed by atoms with E-state index in [2.05, 4.69) is 22.5 Å². The molecule has 0 saturated heterocycles. The van der Waals surface area contributed by atoms with Crippen LogP contribution in [0.5, 0.6) is 0 Å². The smallest absolute Gasteiger partial charge is 0.266 e. The molecule has 0 aliphatic rings. The first-order chi connectivity index (χ1) is 8.90. The predicted octanol–water partition coefficient (Wildman–Crippen LogP) is 3.89. The van der Waals surface area contributed by atoms with Gasteiger partial charge in [0.25, 0.3) is 5.91 Å². The van der Waals surface area contributed by atoms with E-state index in [1.807, 2.05) is 25.1 Å². The summed E-state index contributed by atoms with van der Waals surface area (Å²) < 4.78 is 1.99. The van der Waals surface area contributed by atoms with Gasteiger partial charge in [0, 0.05) is 28.2 Å². The van der Waals surface area contributed by atoms with E-state index in [0.717, 1.165) is 20.1 Å². The average molecular weight is 339 g/mol. The molecule has 1 heterocycles. The summed E-state index contributed by atoms with van der Waals surface area (Å²) in [6, 6.07) is 5.84. The number of anilines is 1. The summed E-state index contributed by atoms with van der Waals surface area (Å²) in [5.74, 6) is -0.0576. The van der Waals surface area contributed by atoms with Gasteiger partial charge in [-0.25, -0.2) is 0 Å². The first-order valence-corrected chi connectivity index (χ1v) is 7.38. The minimum atomic E-state index is -0.0576. The minimum absolute atomic E-state index is 0.0576. The lowest BCUT2D eigenvalue weighted by Gasteiger charge is -2.16. The normalized spacial score (nSPS) is 10.7. The molecule has 1 aromatic heterocycles. The lowest BCUT2D eigenvalue weighted by molar-refractivity contribution is 0.0812. The fourth-order valence-electron chi connectivity index (χ4n) is 1.90. The number of rotatable bonds is 3. The van der Waals surface area contributed by atoms with Crippen LogP contribution in [0.2, 0.25) is 0 Å². The Morgan fingerprint density at radius 1 is 1.53 bits per heavy atom. The van der Waals surface area contributed by atoms with E-state index >= 15 is 0 Å². The van der Waals surface area contributed by atoms with E-state index in [-0.39, 0.29) is 5.91 Å². The Balaban J connectivity index is 2.42. The summed E-state index contributed by atoms with van der Waals surface area (Å²) in [5.41, 5.74) is 7.59. The number of carbonyl (C=O) groups is 1. The summed E-state index contributed by atoms with van der Waals surface area (Å²) in [5, 5.41) is 0.931. The highest BCUT2D eigenvalue weighted by atomic mass is 79.9. The Labute approximate surface area is 124 Å². The zero-order chi connectivity index (χ0) is 14.2. The van der Waals surface area contributed by atoms with Gasteiger partial charge in [0.05, 0.1) is 5.69 Å². The molecule has 2 aromatic rings. The fraction of sp³-hybridized carbons (Fsp3) is 0.214. The van der Waals surface area contributed by atoms with Crippen LogP contribution in [-0.2, 0) is 0 Å². The van der Waals surface area contributed by atoms with Crippen LogP contribution in [0.25, 0.3) is 10.1 Å². The van der Waals surface area contributed by atoms with Gasteiger partial charge in [0.1, 0.15) is 4.88 Å². The highest BCUT2D eigenvalue weighted by Crippen LogP contribution is 2.35. The molecule has 2 rings (SSSR count). The molecular formula is C14H15BrN2OS. The second-order valence-electron chi connectivity index (χ2n) is 4.60. The second kappa shape index (κ2) is 5.35. The maximum atomic E-state index is 12.4. The van der Waals surface area contributed by atoms with Crippen LogP contribution in [-0.4, -0.2) is 24.4 Å². The lowest BCUT2D eigenvalue weighted by Crippen LogP contribution is -2.27. The number of thiophene rings is 1. The van der Waals surface area contributed by atoms with Gasteiger partial charge in [0.2, 0.25) is 0 Å². The van der Waals surface area contributed by atoms with E-state index < -0.39 is 0 Å². The van der Waals surface area contributed by atoms with Crippen molar-refractivity contribution in [2.75, 3.05) is 19.3 Å². The predicted molar refractivity (Wildman–Crippen MR) is 85.7 cm³/mol. The van der Waals surface area contributed by atoms with Crippen LogP contribution < -0.4 is 5.73 Å². The zero-order valence-electron chi connectivity index (χ0n) is 10.9. The largest absolute Gasteiger partial charge is 0.397 e. The summed E-state index contributed by atoms with van der Waals surface area (Å²) in [6.45, 7) is 6.26. The van der Waals surface area contributed by atoms with Crippen molar-refractivity contribution >= 4 is 48.9 Å². The highest BCUT2D eigenvalue weighted by molar-refractivity contribution is 9.10. The van der Waals surface area contributed by atoms with Crippen LogP contribution in [0.3, 0.4) is 0 Å². The molecule has 2 N–H and O–H groups in total. The number of halogens is 1. The van der Waals surface area contributed by atoms with E-state index in [9.17, 15) is 4.79 Å². The van der Waals surface area contributed by atoms with Gasteiger partial charge in [-0.15, -0.1) is 11.3 Å². The number of nitrogens with zero attached hydrogens (tertiary/aromatic N) is 1. The molecule has 0 spiro atoms. The number of amides is 1. The molecule has 0 fully saturated rings. The number of nitrogen functional groups attached to an aromatic ring is 1. The molecule has 3 nitrogen and oxygen atoms in total. The van der Waals surface area contributed by atoms with Crippen molar-refractivity contribution in [1.82, 2.24) is 4.90 Å². The molecular weight excluding hydrogens is 324 g/mol. The number of fused-ring (bicyclic) bond motifs is 1. The van der Waals surface area contributed by atoms with Gasteiger partial charge < -0.3 is 10.6 Å². The monoisotopic (exact) mass is 338 g/mol. The third-order valence-electron chi connectivity index (χ3n) is 2.74. The van der Waals surface area contributed by atoms with Gasteiger partial charge in [-0.05, 0) is 19.1 Å². The van der Waals surface area contributed by atoms with Crippen molar-refractivity contribution in [3.05, 3.63) is 39.7 Å². The Morgan fingerprint density at radius 2 is 2.21 bits per heavy atom. The number of carbonyl (C=O) groups excluding carboxylic acids is 1. The number of hydrogen-bond acceptors (Lipinski definition) is 3. The fourth-order valence-corrected chi connectivity index (χ4v) is 3.57. The molecule has 1 amide bonds. The van der Waals surface area contributed by atoms with E-state index in [4.69, 9.17) is 5.73 Å².